The standard InChI is InChI=1S/C13H8BrCl3O/c14-10-6-7(15)4-5-8(10)13(18)9-2-1-3-11(16)12(9)17/h1-6,13,18H. The molecule has 18 heavy (non-hydrogen) atoms. The number of hydrogen-bond donors (Lipinski definition) is 1. The summed E-state index contributed by atoms with van der Waals surface area (Å²) >= 11 is 21.3. The maximum absolute atomic E-state index is 10.4. The first kappa shape index (κ1) is 14.2. The van der Waals surface area contributed by atoms with Crippen LogP contribution in [0.4, 0.5) is 0 Å². The fraction of sp³-hybridized carbons (Fsp3) is 0.0769. The predicted molar refractivity (Wildman–Crippen MR) is 79.7 cm³/mol. The van der Waals surface area contributed by atoms with E-state index in [0.717, 1.165) is 4.47 Å². The summed E-state index contributed by atoms with van der Waals surface area (Å²) in [5.41, 5.74) is 1.25. The highest BCUT2D eigenvalue weighted by molar-refractivity contribution is 9.10. The first-order valence-electron chi connectivity index (χ1n) is 5.07. The second-order valence-electron chi connectivity index (χ2n) is 3.71. The van der Waals surface area contributed by atoms with Gasteiger partial charge in [-0.3, -0.25) is 0 Å². The summed E-state index contributed by atoms with van der Waals surface area (Å²) in [6.45, 7) is 0. The maximum Gasteiger partial charge on any atom is 0.107 e. The summed E-state index contributed by atoms with van der Waals surface area (Å²) < 4.78 is 0.721. The average molecular weight is 366 g/mol. The molecule has 0 fully saturated rings. The maximum atomic E-state index is 10.4. The van der Waals surface area contributed by atoms with Gasteiger partial charge in [-0.2, -0.15) is 0 Å². The number of aliphatic hydroxyl groups excluding tert-OH is 1. The molecule has 1 unspecified atom stereocenters. The Morgan fingerprint density at radius 1 is 1.00 bits per heavy atom. The van der Waals surface area contributed by atoms with E-state index >= 15 is 0 Å². The van der Waals surface area contributed by atoms with Crippen LogP contribution in [0.3, 0.4) is 0 Å². The molecule has 1 N–H and O–H groups in total. The molecule has 0 amide bonds. The summed E-state index contributed by atoms with van der Waals surface area (Å²) in [6.07, 6.45) is -0.858. The van der Waals surface area contributed by atoms with E-state index in [9.17, 15) is 5.11 Å². The molecule has 0 radical (unpaired) electrons. The second-order valence-corrected chi connectivity index (χ2v) is 5.79. The van der Waals surface area contributed by atoms with Crippen molar-refractivity contribution in [2.24, 2.45) is 0 Å². The molecule has 0 spiro atoms. The molecule has 1 nitrogen and oxygen atoms in total. The minimum atomic E-state index is -0.858. The van der Waals surface area contributed by atoms with Gasteiger partial charge in [-0.05, 0) is 23.8 Å². The van der Waals surface area contributed by atoms with Crippen molar-refractivity contribution in [1.82, 2.24) is 0 Å². The fourth-order valence-electron chi connectivity index (χ4n) is 1.62. The van der Waals surface area contributed by atoms with Crippen molar-refractivity contribution in [3.05, 3.63) is 67.1 Å². The highest BCUT2D eigenvalue weighted by Crippen LogP contribution is 2.36. The second kappa shape index (κ2) is 5.81. The van der Waals surface area contributed by atoms with Crippen LogP contribution in [0, 0.1) is 0 Å². The topological polar surface area (TPSA) is 20.2 Å². The monoisotopic (exact) mass is 364 g/mol. The third-order valence-corrected chi connectivity index (χ3v) is 4.29. The van der Waals surface area contributed by atoms with Crippen LogP contribution in [0.1, 0.15) is 17.2 Å². The molecular weight excluding hydrogens is 358 g/mol. The Labute approximate surface area is 128 Å². The van der Waals surface area contributed by atoms with Crippen molar-refractivity contribution in [1.29, 1.82) is 0 Å². The van der Waals surface area contributed by atoms with Crippen LogP contribution < -0.4 is 0 Å². The van der Waals surface area contributed by atoms with E-state index in [1.165, 1.54) is 0 Å². The molecule has 94 valence electrons. The highest BCUT2D eigenvalue weighted by Gasteiger charge is 2.17. The summed E-state index contributed by atoms with van der Waals surface area (Å²) in [6, 6.07) is 10.3. The van der Waals surface area contributed by atoms with E-state index in [1.807, 2.05) is 0 Å². The van der Waals surface area contributed by atoms with Crippen molar-refractivity contribution < 1.29 is 5.11 Å². The van der Waals surface area contributed by atoms with Gasteiger partial charge in [0.05, 0.1) is 10.0 Å². The van der Waals surface area contributed by atoms with Crippen LogP contribution >= 0.6 is 50.7 Å². The number of aliphatic hydroxyl groups is 1. The lowest BCUT2D eigenvalue weighted by Crippen LogP contribution is -2.01. The SMILES string of the molecule is OC(c1ccc(Cl)cc1Br)c1cccc(Cl)c1Cl. The molecule has 2 aromatic rings. The summed E-state index contributed by atoms with van der Waals surface area (Å²) in [4.78, 5) is 0. The normalized spacial score (nSPS) is 12.5. The van der Waals surface area contributed by atoms with E-state index in [2.05, 4.69) is 15.9 Å². The van der Waals surface area contributed by atoms with Crippen LogP contribution in [0.15, 0.2) is 40.9 Å². The fourth-order valence-corrected chi connectivity index (χ4v) is 2.93. The van der Waals surface area contributed by atoms with Crippen molar-refractivity contribution >= 4 is 50.7 Å². The van der Waals surface area contributed by atoms with Gasteiger partial charge in [0.15, 0.2) is 0 Å². The molecule has 0 aliphatic rings. The van der Waals surface area contributed by atoms with Gasteiger partial charge in [-0.15, -0.1) is 0 Å². The lowest BCUT2D eigenvalue weighted by atomic mass is 10.0. The van der Waals surface area contributed by atoms with Gasteiger partial charge in [-0.25, -0.2) is 0 Å². The van der Waals surface area contributed by atoms with Crippen LogP contribution in [-0.2, 0) is 0 Å². The Morgan fingerprint density at radius 3 is 2.39 bits per heavy atom. The molecule has 0 saturated carbocycles. The summed E-state index contributed by atoms with van der Waals surface area (Å²) in [7, 11) is 0. The largest absolute Gasteiger partial charge is 0.384 e. The molecule has 1 atom stereocenters. The molecule has 0 heterocycles. The Hall–Kier alpha value is -0.250. The quantitative estimate of drug-likeness (QED) is 0.745. The highest BCUT2D eigenvalue weighted by atomic mass is 79.9. The molecule has 0 saturated heterocycles. The zero-order valence-corrected chi connectivity index (χ0v) is 12.9. The third-order valence-electron chi connectivity index (χ3n) is 2.53. The Kier molecular flexibility index (Phi) is 4.57. The molecule has 2 aromatic carbocycles. The van der Waals surface area contributed by atoms with Gasteiger partial charge in [0, 0.05) is 15.1 Å². The first-order chi connectivity index (χ1) is 8.50. The van der Waals surface area contributed by atoms with Gasteiger partial charge < -0.3 is 5.11 Å². The summed E-state index contributed by atoms with van der Waals surface area (Å²) in [5.74, 6) is 0. The van der Waals surface area contributed by atoms with Gasteiger partial charge in [0.1, 0.15) is 6.10 Å². The van der Waals surface area contributed by atoms with E-state index in [1.54, 1.807) is 36.4 Å². The summed E-state index contributed by atoms with van der Waals surface area (Å²) in [5, 5.41) is 11.7. The zero-order chi connectivity index (χ0) is 13.3. The van der Waals surface area contributed by atoms with Gasteiger partial charge >= 0.3 is 0 Å². The van der Waals surface area contributed by atoms with Crippen molar-refractivity contribution in [3.8, 4) is 0 Å². The lowest BCUT2D eigenvalue weighted by molar-refractivity contribution is 0.219. The van der Waals surface area contributed by atoms with Gasteiger partial charge in [-0.1, -0.05) is 68.9 Å². The van der Waals surface area contributed by atoms with Crippen LogP contribution in [0.5, 0.6) is 0 Å². The van der Waals surface area contributed by atoms with Crippen molar-refractivity contribution in [3.63, 3.8) is 0 Å². The van der Waals surface area contributed by atoms with Crippen LogP contribution in [-0.4, -0.2) is 5.11 Å². The molecule has 0 aliphatic heterocycles. The number of halogens is 4. The van der Waals surface area contributed by atoms with E-state index in [4.69, 9.17) is 34.8 Å². The van der Waals surface area contributed by atoms with Crippen LogP contribution in [0.2, 0.25) is 15.1 Å². The number of benzene rings is 2. The third kappa shape index (κ3) is 2.84. The van der Waals surface area contributed by atoms with Crippen LogP contribution in [0.25, 0.3) is 0 Å². The van der Waals surface area contributed by atoms with E-state index in [0.29, 0.717) is 26.2 Å². The van der Waals surface area contributed by atoms with Gasteiger partial charge in [0.2, 0.25) is 0 Å². The number of hydrogen-bond acceptors (Lipinski definition) is 1. The van der Waals surface area contributed by atoms with Crippen molar-refractivity contribution in [2.45, 2.75) is 6.10 Å². The minimum absolute atomic E-state index is 0.355. The molecule has 0 bridgehead atoms. The minimum Gasteiger partial charge on any atom is -0.384 e. The molecule has 0 aliphatic carbocycles. The average Bonchev–Trinajstić information content (AvgIpc) is 2.32. The Balaban J connectivity index is 2.48. The number of rotatable bonds is 2. The van der Waals surface area contributed by atoms with E-state index < -0.39 is 6.10 Å². The Bertz CT molecular complexity index is 586. The van der Waals surface area contributed by atoms with Gasteiger partial charge in [0.25, 0.3) is 0 Å². The molecule has 2 rings (SSSR count). The smallest absolute Gasteiger partial charge is 0.107 e. The Morgan fingerprint density at radius 2 is 1.72 bits per heavy atom. The predicted octanol–water partition coefficient (Wildman–Crippen LogP) is 5.49. The molecular formula is C13H8BrCl3O. The lowest BCUT2D eigenvalue weighted by Gasteiger charge is -2.15. The zero-order valence-electron chi connectivity index (χ0n) is 9.00. The van der Waals surface area contributed by atoms with Crippen molar-refractivity contribution in [2.75, 3.05) is 0 Å². The molecule has 0 aromatic heterocycles. The molecule has 5 heteroatoms. The van der Waals surface area contributed by atoms with E-state index in [-0.39, 0.29) is 0 Å². The first-order valence-corrected chi connectivity index (χ1v) is 7.00.